The number of rotatable bonds is 3. The van der Waals surface area contributed by atoms with Gasteiger partial charge in [-0.25, -0.2) is 4.79 Å². The number of hydrogen-bond acceptors (Lipinski definition) is 5. The zero-order chi connectivity index (χ0) is 17.1. The largest absolute Gasteiger partial charge is 0.492 e. The van der Waals surface area contributed by atoms with E-state index in [-0.39, 0.29) is 12.5 Å². The number of imide groups is 1. The van der Waals surface area contributed by atoms with Crippen LogP contribution in [0.5, 0.6) is 0 Å². The maximum Gasteiger partial charge on any atom is 0.334 e. The third-order valence-corrected chi connectivity index (χ3v) is 5.24. The van der Waals surface area contributed by atoms with E-state index in [2.05, 4.69) is 5.32 Å². The maximum absolute atomic E-state index is 12.0. The van der Waals surface area contributed by atoms with Gasteiger partial charge in [0.05, 0.1) is 23.8 Å². The predicted molar refractivity (Wildman–Crippen MR) is 82.4 cm³/mol. The highest BCUT2D eigenvalue weighted by molar-refractivity contribution is 6.30. The Bertz CT molecular complexity index is 787. The third kappa shape index (κ3) is 2.06. The number of carbonyl (C=O) groups is 3. The van der Waals surface area contributed by atoms with E-state index in [0.717, 1.165) is 5.56 Å². The summed E-state index contributed by atoms with van der Waals surface area (Å²) in [5.74, 6) is -2.56. The highest BCUT2D eigenvalue weighted by Gasteiger charge is 2.73. The van der Waals surface area contributed by atoms with Crippen LogP contribution in [0, 0.1) is 17.8 Å². The molecular formula is C17H14ClNO5. The molecule has 1 aromatic rings. The second-order valence-electron chi connectivity index (χ2n) is 6.40. The van der Waals surface area contributed by atoms with Crippen molar-refractivity contribution in [3.63, 3.8) is 0 Å². The van der Waals surface area contributed by atoms with Gasteiger partial charge in [-0.05, 0) is 24.6 Å². The minimum atomic E-state index is -1.04. The minimum absolute atomic E-state index is 0.232. The Morgan fingerprint density at radius 1 is 1.17 bits per heavy atom. The second-order valence-corrected chi connectivity index (χ2v) is 6.84. The van der Waals surface area contributed by atoms with Gasteiger partial charge in [-0.2, -0.15) is 0 Å². The Morgan fingerprint density at radius 2 is 1.88 bits per heavy atom. The zero-order valence-corrected chi connectivity index (χ0v) is 13.5. The molecule has 1 saturated carbocycles. The highest BCUT2D eigenvalue weighted by atomic mass is 35.5. The van der Waals surface area contributed by atoms with Crippen LogP contribution < -0.4 is 5.32 Å². The standard InChI is InChI=1S/C17H14ClNO5/c1-17-13(12-14(17)16(22)19-15(12)21)10(6-11(20)24-17)23-7-8-2-4-9(18)5-3-8/h2-6,12-14H,7H2,1H3,(H,19,21,22)/t12-,13+,14+,17+/m0/s1. The molecule has 1 N–H and O–H groups in total. The molecule has 6 nitrogen and oxygen atoms in total. The molecular weight excluding hydrogens is 334 g/mol. The van der Waals surface area contributed by atoms with Crippen molar-refractivity contribution in [1.82, 2.24) is 5.32 Å². The van der Waals surface area contributed by atoms with Gasteiger partial charge in [0, 0.05) is 5.02 Å². The van der Waals surface area contributed by atoms with E-state index >= 15 is 0 Å². The highest BCUT2D eigenvalue weighted by Crippen LogP contribution is 2.58. The number of ether oxygens (including phenoxy) is 2. The zero-order valence-electron chi connectivity index (χ0n) is 12.7. The Morgan fingerprint density at radius 3 is 2.58 bits per heavy atom. The predicted octanol–water partition coefficient (Wildman–Crippen LogP) is 1.57. The smallest absolute Gasteiger partial charge is 0.334 e. The van der Waals surface area contributed by atoms with Crippen molar-refractivity contribution in [1.29, 1.82) is 0 Å². The van der Waals surface area contributed by atoms with Gasteiger partial charge in [0.25, 0.3) is 0 Å². The van der Waals surface area contributed by atoms with Crippen LogP contribution in [0.4, 0.5) is 0 Å². The van der Waals surface area contributed by atoms with E-state index < -0.39 is 35.2 Å². The molecule has 4 rings (SSSR count). The summed E-state index contributed by atoms with van der Waals surface area (Å²) >= 11 is 5.85. The summed E-state index contributed by atoms with van der Waals surface area (Å²) in [6.07, 6.45) is 1.26. The molecule has 0 unspecified atom stereocenters. The van der Waals surface area contributed by atoms with Crippen LogP contribution >= 0.6 is 11.6 Å². The van der Waals surface area contributed by atoms with Crippen LogP contribution in [0.3, 0.4) is 0 Å². The monoisotopic (exact) mass is 347 g/mol. The summed E-state index contributed by atoms with van der Waals surface area (Å²) in [6.45, 7) is 1.91. The van der Waals surface area contributed by atoms with E-state index in [1.807, 2.05) is 12.1 Å². The van der Waals surface area contributed by atoms with Gasteiger partial charge in [0.2, 0.25) is 11.8 Å². The molecule has 1 aromatic carbocycles. The summed E-state index contributed by atoms with van der Waals surface area (Å²) in [7, 11) is 0. The van der Waals surface area contributed by atoms with Gasteiger partial charge < -0.3 is 9.47 Å². The summed E-state index contributed by atoms with van der Waals surface area (Å²) in [5.41, 5.74) is -0.161. The summed E-state index contributed by atoms with van der Waals surface area (Å²) in [5, 5.41) is 2.93. The number of esters is 1. The number of benzene rings is 1. The first-order chi connectivity index (χ1) is 11.4. The lowest BCUT2D eigenvalue weighted by Gasteiger charge is -2.54. The second kappa shape index (κ2) is 5.08. The van der Waals surface area contributed by atoms with E-state index in [9.17, 15) is 14.4 Å². The summed E-state index contributed by atoms with van der Waals surface area (Å²) in [6, 6.07) is 7.13. The first kappa shape index (κ1) is 15.2. The van der Waals surface area contributed by atoms with Crippen LogP contribution in [0.2, 0.25) is 5.02 Å². The topological polar surface area (TPSA) is 81.7 Å². The molecule has 0 radical (unpaired) electrons. The Hall–Kier alpha value is -2.34. The quantitative estimate of drug-likeness (QED) is 0.663. The number of hydrogen-bond donors (Lipinski definition) is 1. The van der Waals surface area contributed by atoms with Crippen molar-refractivity contribution in [2.75, 3.05) is 0 Å². The van der Waals surface area contributed by atoms with Gasteiger partial charge >= 0.3 is 5.97 Å². The van der Waals surface area contributed by atoms with Crippen molar-refractivity contribution in [3.05, 3.63) is 46.7 Å². The van der Waals surface area contributed by atoms with Crippen LogP contribution in [0.1, 0.15) is 12.5 Å². The number of fused-ring (bicyclic) bond motifs is 4. The minimum Gasteiger partial charge on any atom is -0.492 e. The lowest BCUT2D eigenvalue weighted by Crippen LogP contribution is -2.66. The molecule has 2 fully saturated rings. The number of halogens is 1. The van der Waals surface area contributed by atoms with E-state index in [4.69, 9.17) is 21.1 Å². The van der Waals surface area contributed by atoms with Crippen molar-refractivity contribution in [3.8, 4) is 0 Å². The Balaban J connectivity index is 1.58. The summed E-state index contributed by atoms with van der Waals surface area (Å²) < 4.78 is 11.2. The molecule has 0 bridgehead atoms. The fourth-order valence-electron chi connectivity index (χ4n) is 3.91. The number of amides is 2. The van der Waals surface area contributed by atoms with Gasteiger partial charge in [-0.3, -0.25) is 14.9 Å². The van der Waals surface area contributed by atoms with Crippen LogP contribution in [0.25, 0.3) is 0 Å². The molecule has 2 amide bonds. The Kier molecular flexibility index (Phi) is 3.22. The fourth-order valence-corrected chi connectivity index (χ4v) is 4.03. The van der Waals surface area contributed by atoms with Crippen LogP contribution in [0.15, 0.2) is 36.1 Å². The van der Waals surface area contributed by atoms with Crippen molar-refractivity contribution in [2.24, 2.45) is 17.8 Å². The molecule has 24 heavy (non-hydrogen) atoms. The Labute approximate surface area is 142 Å². The molecule has 124 valence electrons. The average Bonchev–Trinajstić information content (AvgIpc) is 2.77. The van der Waals surface area contributed by atoms with Crippen molar-refractivity contribution >= 4 is 29.4 Å². The molecule has 7 heteroatoms. The SMILES string of the molecule is C[C@@]12OC(=O)C=C(OCc3ccc(Cl)cc3)[C@@H]1[C@@H]1C(=O)NC(=O)[C@@H]12. The van der Waals surface area contributed by atoms with E-state index in [0.29, 0.717) is 10.8 Å². The maximum atomic E-state index is 12.0. The van der Waals surface area contributed by atoms with Gasteiger partial charge in [0.1, 0.15) is 18.0 Å². The molecule has 0 spiro atoms. The third-order valence-electron chi connectivity index (χ3n) is 4.99. The van der Waals surface area contributed by atoms with Crippen LogP contribution in [-0.2, 0) is 30.5 Å². The van der Waals surface area contributed by atoms with Crippen molar-refractivity contribution in [2.45, 2.75) is 19.1 Å². The lowest BCUT2D eigenvalue weighted by atomic mass is 9.53. The molecule has 0 aromatic heterocycles. The number of carbonyl (C=O) groups excluding carboxylic acids is 3. The lowest BCUT2D eigenvalue weighted by molar-refractivity contribution is -0.212. The molecule has 4 atom stereocenters. The number of nitrogens with one attached hydrogen (secondary N) is 1. The van der Waals surface area contributed by atoms with E-state index in [1.165, 1.54) is 6.08 Å². The normalized spacial score (nSPS) is 33.7. The van der Waals surface area contributed by atoms with Gasteiger partial charge in [0.15, 0.2) is 0 Å². The molecule has 2 heterocycles. The van der Waals surface area contributed by atoms with E-state index in [1.54, 1.807) is 19.1 Å². The molecule has 3 aliphatic rings. The molecule has 1 saturated heterocycles. The molecule has 1 aliphatic carbocycles. The van der Waals surface area contributed by atoms with Gasteiger partial charge in [-0.15, -0.1) is 0 Å². The first-order valence-corrected chi connectivity index (χ1v) is 7.94. The fraction of sp³-hybridized carbons (Fsp3) is 0.353. The summed E-state index contributed by atoms with van der Waals surface area (Å²) in [4.78, 5) is 35.8. The molecule has 2 aliphatic heterocycles. The van der Waals surface area contributed by atoms with Crippen molar-refractivity contribution < 1.29 is 23.9 Å². The van der Waals surface area contributed by atoms with Crippen LogP contribution in [-0.4, -0.2) is 23.4 Å². The average molecular weight is 348 g/mol. The van der Waals surface area contributed by atoms with Gasteiger partial charge in [-0.1, -0.05) is 23.7 Å². The first-order valence-electron chi connectivity index (χ1n) is 7.56.